The van der Waals surface area contributed by atoms with Gasteiger partial charge in [0.2, 0.25) is 0 Å². The molecule has 18 heavy (non-hydrogen) atoms. The van der Waals surface area contributed by atoms with Gasteiger partial charge in [-0.05, 0) is 6.07 Å². The average molecular weight is 284 g/mol. The molecule has 1 N–H and O–H groups in total. The third-order valence-corrected chi connectivity index (χ3v) is 3.73. The summed E-state index contributed by atoms with van der Waals surface area (Å²) in [5, 5.41) is 10.2. The molecule has 6 heteroatoms. The zero-order valence-corrected chi connectivity index (χ0v) is 11.1. The number of carboxylic acids is 1. The van der Waals surface area contributed by atoms with E-state index in [0.717, 1.165) is 16.9 Å². The SMILES string of the molecule is COCc1nc(-c2ccccc2Cl)sc1C(=O)O. The minimum atomic E-state index is -1.00. The third-order valence-electron chi connectivity index (χ3n) is 2.28. The lowest BCUT2D eigenvalue weighted by atomic mass is 10.2. The van der Waals surface area contributed by atoms with Crippen LogP contribution in [0.25, 0.3) is 10.6 Å². The molecule has 0 saturated carbocycles. The van der Waals surface area contributed by atoms with Crippen molar-refractivity contribution in [1.29, 1.82) is 0 Å². The molecule has 0 radical (unpaired) electrons. The van der Waals surface area contributed by atoms with Crippen molar-refractivity contribution in [1.82, 2.24) is 4.98 Å². The molecule has 94 valence electrons. The number of rotatable bonds is 4. The van der Waals surface area contributed by atoms with E-state index in [1.54, 1.807) is 6.07 Å². The first-order valence-corrected chi connectivity index (χ1v) is 6.29. The summed E-state index contributed by atoms with van der Waals surface area (Å²) in [6.45, 7) is 0.169. The summed E-state index contributed by atoms with van der Waals surface area (Å²) < 4.78 is 4.95. The number of carbonyl (C=O) groups is 1. The van der Waals surface area contributed by atoms with Gasteiger partial charge in [-0.15, -0.1) is 11.3 Å². The maximum atomic E-state index is 11.1. The predicted molar refractivity (Wildman–Crippen MR) is 70.2 cm³/mol. The molecule has 4 nitrogen and oxygen atoms in total. The fourth-order valence-electron chi connectivity index (χ4n) is 1.50. The minimum absolute atomic E-state index is 0.169. The first kappa shape index (κ1) is 13.0. The molecule has 0 amide bonds. The molecule has 2 rings (SSSR count). The van der Waals surface area contributed by atoms with Crippen LogP contribution in [-0.4, -0.2) is 23.2 Å². The van der Waals surface area contributed by atoms with Crippen molar-refractivity contribution in [2.75, 3.05) is 7.11 Å². The van der Waals surface area contributed by atoms with E-state index in [9.17, 15) is 4.79 Å². The summed E-state index contributed by atoms with van der Waals surface area (Å²) in [5.74, 6) is -1.00. The van der Waals surface area contributed by atoms with Crippen LogP contribution in [0, 0.1) is 0 Å². The summed E-state index contributed by atoms with van der Waals surface area (Å²) in [4.78, 5) is 15.6. The van der Waals surface area contributed by atoms with Crippen LogP contribution < -0.4 is 0 Å². The number of carboxylic acid groups (broad SMARTS) is 1. The van der Waals surface area contributed by atoms with Gasteiger partial charge in [0.1, 0.15) is 9.88 Å². The number of hydrogen-bond donors (Lipinski definition) is 1. The van der Waals surface area contributed by atoms with Crippen LogP contribution in [0.4, 0.5) is 0 Å². The number of ether oxygens (including phenoxy) is 1. The molecule has 0 spiro atoms. The minimum Gasteiger partial charge on any atom is -0.477 e. The number of hydrogen-bond acceptors (Lipinski definition) is 4. The van der Waals surface area contributed by atoms with Crippen LogP contribution >= 0.6 is 22.9 Å². The van der Waals surface area contributed by atoms with Gasteiger partial charge in [-0.25, -0.2) is 9.78 Å². The van der Waals surface area contributed by atoms with E-state index < -0.39 is 5.97 Å². The van der Waals surface area contributed by atoms with Crippen molar-refractivity contribution in [2.24, 2.45) is 0 Å². The molecule has 0 fully saturated rings. The number of aromatic carboxylic acids is 1. The maximum Gasteiger partial charge on any atom is 0.347 e. The molecule has 0 aliphatic heterocycles. The van der Waals surface area contributed by atoms with E-state index in [0.29, 0.717) is 15.7 Å². The number of nitrogens with zero attached hydrogens (tertiary/aromatic N) is 1. The smallest absolute Gasteiger partial charge is 0.347 e. The lowest BCUT2D eigenvalue weighted by Gasteiger charge is -1.98. The molecular weight excluding hydrogens is 274 g/mol. The van der Waals surface area contributed by atoms with Gasteiger partial charge in [0.05, 0.1) is 17.3 Å². The summed E-state index contributed by atoms with van der Waals surface area (Å²) in [7, 11) is 1.50. The van der Waals surface area contributed by atoms with E-state index in [-0.39, 0.29) is 11.5 Å². The number of aromatic nitrogens is 1. The molecule has 0 aliphatic rings. The molecular formula is C12H10ClNO3S. The molecule has 2 aromatic rings. The Bertz CT molecular complexity index is 582. The first-order chi connectivity index (χ1) is 8.63. The van der Waals surface area contributed by atoms with E-state index in [1.807, 2.05) is 18.2 Å². The van der Waals surface area contributed by atoms with Crippen molar-refractivity contribution in [3.8, 4) is 10.6 Å². The van der Waals surface area contributed by atoms with Crippen LogP contribution in [-0.2, 0) is 11.3 Å². The number of benzene rings is 1. The molecule has 0 aliphatic carbocycles. The second kappa shape index (κ2) is 5.48. The van der Waals surface area contributed by atoms with Crippen molar-refractivity contribution in [3.05, 3.63) is 39.9 Å². The Labute approximate surface area is 113 Å². The van der Waals surface area contributed by atoms with E-state index in [1.165, 1.54) is 7.11 Å². The standard InChI is InChI=1S/C12H10ClNO3S/c1-17-6-9-10(12(15)16)18-11(14-9)7-4-2-3-5-8(7)13/h2-5H,6H2,1H3,(H,15,16). The quantitative estimate of drug-likeness (QED) is 0.935. The van der Waals surface area contributed by atoms with E-state index in [2.05, 4.69) is 4.98 Å². The zero-order valence-electron chi connectivity index (χ0n) is 9.51. The van der Waals surface area contributed by atoms with Gasteiger partial charge >= 0.3 is 5.97 Å². The number of thiazole rings is 1. The van der Waals surface area contributed by atoms with Gasteiger partial charge < -0.3 is 9.84 Å². The predicted octanol–water partition coefficient (Wildman–Crippen LogP) is 3.31. The monoisotopic (exact) mass is 283 g/mol. The van der Waals surface area contributed by atoms with Gasteiger partial charge in [0.15, 0.2) is 0 Å². The topological polar surface area (TPSA) is 59.4 Å². The molecule has 1 aromatic carbocycles. The Kier molecular flexibility index (Phi) is 3.96. The van der Waals surface area contributed by atoms with Gasteiger partial charge in [-0.2, -0.15) is 0 Å². The highest BCUT2D eigenvalue weighted by molar-refractivity contribution is 7.17. The molecule has 0 bridgehead atoms. The van der Waals surface area contributed by atoms with Gasteiger partial charge in [-0.3, -0.25) is 0 Å². The second-order valence-electron chi connectivity index (χ2n) is 3.51. The zero-order chi connectivity index (χ0) is 13.1. The third kappa shape index (κ3) is 2.53. The van der Waals surface area contributed by atoms with Crippen LogP contribution in [0.15, 0.2) is 24.3 Å². The van der Waals surface area contributed by atoms with E-state index >= 15 is 0 Å². The summed E-state index contributed by atoms with van der Waals surface area (Å²) in [6.07, 6.45) is 0. The lowest BCUT2D eigenvalue weighted by Crippen LogP contribution is -1.99. The average Bonchev–Trinajstić information content (AvgIpc) is 2.74. The summed E-state index contributed by atoms with van der Waals surface area (Å²) in [6, 6.07) is 7.20. The second-order valence-corrected chi connectivity index (χ2v) is 4.92. The highest BCUT2D eigenvalue weighted by Gasteiger charge is 2.18. The molecule has 0 atom stereocenters. The Morgan fingerprint density at radius 2 is 2.22 bits per heavy atom. The van der Waals surface area contributed by atoms with Crippen molar-refractivity contribution >= 4 is 28.9 Å². The number of methoxy groups -OCH3 is 1. The molecule has 1 heterocycles. The Morgan fingerprint density at radius 1 is 1.50 bits per heavy atom. The fraction of sp³-hybridized carbons (Fsp3) is 0.167. The largest absolute Gasteiger partial charge is 0.477 e. The highest BCUT2D eigenvalue weighted by Crippen LogP contribution is 2.33. The van der Waals surface area contributed by atoms with Crippen molar-refractivity contribution in [2.45, 2.75) is 6.61 Å². The van der Waals surface area contributed by atoms with Gasteiger partial charge in [0, 0.05) is 12.7 Å². The van der Waals surface area contributed by atoms with Gasteiger partial charge in [0.25, 0.3) is 0 Å². The number of halogens is 1. The maximum absolute atomic E-state index is 11.1. The first-order valence-electron chi connectivity index (χ1n) is 5.10. The summed E-state index contributed by atoms with van der Waals surface area (Å²) in [5.41, 5.74) is 1.15. The highest BCUT2D eigenvalue weighted by atomic mass is 35.5. The van der Waals surface area contributed by atoms with Crippen LogP contribution in [0.2, 0.25) is 5.02 Å². The van der Waals surface area contributed by atoms with Crippen LogP contribution in [0.3, 0.4) is 0 Å². The molecule has 0 saturated heterocycles. The molecule has 1 aromatic heterocycles. The van der Waals surface area contributed by atoms with Crippen molar-refractivity contribution in [3.63, 3.8) is 0 Å². The van der Waals surface area contributed by atoms with Crippen molar-refractivity contribution < 1.29 is 14.6 Å². The Balaban J connectivity index is 2.50. The lowest BCUT2D eigenvalue weighted by molar-refractivity contribution is 0.0697. The van der Waals surface area contributed by atoms with Gasteiger partial charge in [-0.1, -0.05) is 29.8 Å². The fourth-order valence-corrected chi connectivity index (χ4v) is 2.73. The molecule has 0 unspecified atom stereocenters. The van der Waals surface area contributed by atoms with Crippen LogP contribution in [0.1, 0.15) is 15.4 Å². The normalized spacial score (nSPS) is 10.6. The Hall–Kier alpha value is -1.43. The van der Waals surface area contributed by atoms with E-state index in [4.69, 9.17) is 21.4 Å². The summed E-state index contributed by atoms with van der Waals surface area (Å²) >= 11 is 7.16. The van der Waals surface area contributed by atoms with Crippen LogP contribution in [0.5, 0.6) is 0 Å². The Morgan fingerprint density at radius 3 is 2.83 bits per heavy atom.